The molecule has 1 N–H and O–H groups in total. The monoisotopic (exact) mass is 226 g/mol. The Bertz CT molecular complexity index is 287. The topological polar surface area (TPSA) is 42.3 Å². The molecule has 0 unspecified atom stereocenters. The molecule has 1 aromatic heterocycles. The maximum absolute atomic E-state index is 4.97. The lowest BCUT2D eigenvalue weighted by Crippen LogP contribution is -2.32. The van der Waals surface area contributed by atoms with E-state index < -0.39 is 0 Å². The molecule has 92 valence electrons. The van der Waals surface area contributed by atoms with E-state index in [-0.39, 0.29) is 0 Å². The summed E-state index contributed by atoms with van der Waals surface area (Å²) in [5.74, 6) is 1.02. The van der Waals surface area contributed by atoms with Crippen LogP contribution in [0.5, 0.6) is 0 Å². The van der Waals surface area contributed by atoms with E-state index in [9.17, 15) is 0 Å². The summed E-state index contributed by atoms with van der Waals surface area (Å²) in [6.45, 7) is 6.61. The van der Waals surface area contributed by atoms with Crippen LogP contribution in [0.25, 0.3) is 0 Å². The molecule has 0 radical (unpaired) electrons. The molecule has 1 heterocycles. The normalized spacial score (nSPS) is 10.7. The van der Waals surface area contributed by atoms with E-state index in [0.717, 1.165) is 38.7 Å². The quantitative estimate of drug-likeness (QED) is 0.658. The number of nitrogens with one attached hydrogen (secondary N) is 1. The Morgan fingerprint density at radius 3 is 3.00 bits per heavy atom. The molecule has 0 saturated heterocycles. The van der Waals surface area contributed by atoms with Crippen molar-refractivity contribution in [1.29, 1.82) is 0 Å². The number of imidazole rings is 1. The minimum Gasteiger partial charge on any atom is -0.383 e. The van der Waals surface area contributed by atoms with Gasteiger partial charge in [-0.3, -0.25) is 0 Å². The fourth-order valence-corrected chi connectivity index (χ4v) is 1.53. The van der Waals surface area contributed by atoms with Crippen LogP contribution in [0, 0.1) is 0 Å². The number of ether oxygens (including phenoxy) is 1. The third-order valence-corrected chi connectivity index (χ3v) is 2.48. The van der Waals surface area contributed by atoms with E-state index in [2.05, 4.69) is 33.7 Å². The van der Waals surface area contributed by atoms with Gasteiger partial charge in [0, 0.05) is 52.7 Å². The van der Waals surface area contributed by atoms with Gasteiger partial charge in [0.2, 0.25) is 5.95 Å². The fraction of sp³-hybridized carbons (Fsp3) is 0.727. The summed E-state index contributed by atoms with van der Waals surface area (Å²) in [5.41, 5.74) is 0. The molecule has 0 saturated carbocycles. The number of aromatic nitrogens is 2. The molecule has 0 spiro atoms. The number of methoxy groups -OCH3 is 1. The molecule has 0 bridgehead atoms. The first-order valence-electron chi connectivity index (χ1n) is 5.71. The molecule has 0 atom stereocenters. The van der Waals surface area contributed by atoms with Crippen molar-refractivity contribution in [3.8, 4) is 0 Å². The summed E-state index contributed by atoms with van der Waals surface area (Å²) in [5, 5.41) is 3.31. The van der Waals surface area contributed by atoms with Gasteiger partial charge in [-0.1, -0.05) is 0 Å². The third-order valence-electron chi connectivity index (χ3n) is 2.48. The summed E-state index contributed by atoms with van der Waals surface area (Å²) in [7, 11) is 3.78. The molecule has 0 fully saturated rings. The van der Waals surface area contributed by atoms with E-state index in [1.54, 1.807) is 7.11 Å². The van der Waals surface area contributed by atoms with E-state index in [1.165, 1.54) is 0 Å². The second-order valence-electron chi connectivity index (χ2n) is 3.68. The Hall–Kier alpha value is -1.07. The molecule has 0 aliphatic heterocycles. The molecule has 1 aromatic rings. The van der Waals surface area contributed by atoms with Crippen molar-refractivity contribution in [2.75, 3.05) is 45.3 Å². The smallest absolute Gasteiger partial charge is 0.205 e. The van der Waals surface area contributed by atoms with E-state index >= 15 is 0 Å². The number of hydrogen-bond donors (Lipinski definition) is 1. The van der Waals surface area contributed by atoms with Gasteiger partial charge in [0.1, 0.15) is 0 Å². The highest BCUT2D eigenvalue weighted by molar-refractivity contribution is 5.29. The number of aryl methyl sites for hydroxylation is 1. The number of likely N-dealkylation sites (N-methyl/N-ethyl adjacent to an activating group) is 1. The number of hydrogen-bond acceptors (Lipinski definition) is 4. The van der Waals surface area contributed by atoms with E-state index in [0.29, 0.717) is 0 Å². The molecule has 16 heavy (non-hydrogen) atoms. The molecule has 1 rings (SSSR count). The van der Waals surface area contributed by atoms with Crippen LogP contribution in [-0.4, -0.2) is 49.9 Å². The summed E-state index contributed by atoms with van der Waals surface area (Å²) in [6.07, 6.45) is 3.85. The zero-order chi connectivity index (χ0) is 11.8. The first kappa shape index (κ1) is 13.0. The molecular weight excluding hydrogens is 204 g/mol. The minimum atomic E-state index is 0.757. The van der Waals surface area contributed by atoms with Crippen LogP contribution in [0.4, 0.5) is 5.95 Å². The van der Waals surface area contributed by atoms with Crippen molar-refractivity contribution in [3.05, 3.63) is 12.4 Å². The van der Waals surface area contributed by atoms with Gasteiger partial charge in [-0.25, -0.2) is 4.98 Å². The van der Waals surface area contributed by atoms with Gasteiger partial charge in [-0.2, -0.15) is 0 Å². The van der Waals surface area contributed by atoms with Crippen LogP contribution in [0.3, 0.4) is 0 Å². The van der Waals surface area contributed by atoms with Crippen molar-refractivity contribution < 1.29 is 4.74 Å². The Morgan fingerprint density at radius 2 is 2.31 bits per heavy atom. The Kier molecular flexibility index (Phi) is 5.88. The van der Waals surface area contributed by atoms with Crippen LogP contribution in [0.15, 0.2) is 12.4 Å². The maximum atomic E-state index is 4.97. The zero-order valence-corrected chi connectivity index (χ0v) is 10.4. The molecule has 5 heteroatoms. The van der Waals surface area contributed by atoms with Gasteiger partial charge in [0.25, 0.3) is 0 Å². The van der Waals surface area contributed by atoms with Gasteiger partial charge < -0.3 is 19.5 Å². The number of rotatable bonds is 8. The average Bonchev–Trinajstić information content (AvgIpc) is 2.76. The van der Waals surface area contributed by atoms with Gasteiger partial charge in [0.05, 0.1) is 6.61 Å². The highest BCUT2D eigenvalue weighted by Gasteiger charge is 2.05. The number of nitrogens with zero attached hydrogens (tertiary/aromatic N) is 3. The van der Waals surface area contributed by atoms with Crippen molar-refractivity contribution in [2.24, 2.45) is 0 Å². The number of anilines is 1. The predicted octanol–water partition coefficient (Wildman–Crippen LogP) is 0.575. The van der Waals surface area contributed by atoms with Crippen molar-refractivity contribution in [2.45, 2.75) is 13.5 Å². The van der Waals surface area contributed by atoms with Gasteiger partial charge in [-0.05, 0) is 6.92 Å². The average molecular weight is 226 g/mol. The first-order valence-corrected chi connectivity index (χ1v) is 5.71. The van der Waals surface area contributed by atoms with Crippen LogP contribution in [0.2, 0.25) is 0 Å². The van der Waals surface area contributed by atoms with E-state index in [4.69, 9.17) is 4.74 Å². The first-order chi connectivity index (χ1) is 7.79. The lowest BCUT2D eigenvalue weighted by atomic mass is 10.5. The van der Waals surface area contributed by atoms with Crippen molar-refractivity contribution in [1.82, 2.24) is 14.9 Å². The van der Waals surface area contributed by atoms with Gasteiger partial charge >= 0.3 is 0 Å². The largest absolute Gasteiger partial charge is 0.383 e. The maximum Gasteiger partial charge on any atom is 0.205 e. The van der Waals surface area contributed by atoms with E-state index in [1.807, 2.05) is 12.4 Å². The lowest BCUT2D eigenvalue weighted by Gasteiger charge is -2.19. The zero-order valence-electron chi connectivity index (χ0n) is 10.4. The third kappa shape index (κ3) is 3.83. The summed E-state index contributed by atoms with van der Waals surface area (Å²) in [6, 6.07) is 0. The summed E-state index contributed by atoms with van der Waals surface area (Å²) >= 11 is 0. The van der Waals surface area contributed by atoms with Crippen molar-refractivity contribution >= 4 is 5.95 Å². The van der Waals surface area contributed by atoms with Gasteiger partial charge in [-0.15, -0.1) is 0 Å². The molecule has 0 aromatic carbocycles. The Balaban J connectivity index is 2.27. The Labute approximate surface area is 97.4 Å². The molecular formula is C11H22N4O. The minimum absolute atomic E-state index is 0.757. The lowest BCUT2D eigenvalue weighted by molar-refractivity contribution is 0.200. The van der Waals surface area contributed by atoms with Crippen LogP contribution in [-0.2, 0) is 11.3 Å². The highest BCUT2D eigenvalue weighted by atomic mass is 16.5. The predicted molar refractivity (Wildman–Crippen MR) is 65.9 cm³/mol. The second kappa shape index (κ2) is 7.24. The van der Waals surface area contributed by atoms with Crippen molar-refractivity contribution in [3.63, 3.8) is 0 Å². The molecule has 5 nitrogen and oxygen atoms in total. The molecule has 0 amide bonds. The highest BCUT2D eigenvalue weighted by Crippen LogP contribution is 2.08. The van der Waals surface area contributed by atoms with Crippen LogP contribution >= 0.6 is 0 Å². The van der Waals surface area contributed by atoms with Gasteiger partial charge in [0.15, 0.2) is 0 Å². The second-order valence-corrected chi connectivity index (χ2v) is 3.68. The molecule has 0 aliphatic carbocycles. The Morgan fingerprint density at radius 1 is 1.50 bits per heavy atom. The summed E-state index contributed by atoms with van der Waals surface area (Å²) < 4.78 is 7.10. The molecule has 0 aliphatic rings. The summed E-state index contributed by atoms with van der Waals surface area (Å²) in [4.78, 5) is 6.49. The SMILES string of the molecule is CCn1ccnc1N(C)CCNCCOC. The standard InChI is InChI=1S/C11H22N4O/c1-4-15-9-6-13-11(15)14(2)8-5-12-7-10-16-3/h6,9,12H,4-5,7-8,10H2,1-3H3. The van der Waals surface area contributed by atoms with Crippen LogP contribution in [0.1, 0.15) is 6.92 Å². The fourth-order valence-electron chi connectivity index (χ4n) is 1.53. The van der Waals surface area contributed by atoms with Crippen LogP contribution < -0.4 is 10.2 Å².